The van der Waals surface area contributed by atoms with Crippen molar-refractivity contribution in [1.82, 2.24) is 10.3 Å². The van der Waals surface area contributed by atoms with Gasteiger partial charge in [-0.15, -0.1) is 0 Å². The zero-order valence-electron chi connectivity index (χ0n) is 12.7. The molecule has 2 rings (SSSR count). The standard InChI is InChI=1S/C17H21FN2O/c1-4-10-19-17(15-7-5-6-12(2)20-15)14-11-13(18)8-9-16(14)21-3/h5-9,11,17,19H,4,10H2,1-3H3. The Hall–Kier alpha value is -1.94. The van der Waals surface area contributed by atoms with Gasteiger partial charge in [-0.25, -0.2) is 4.39 Å². The van der Waals surface area contributed by atoms with E-state index in [4.69, 9.17) is 4.74 Å². The molecule has 0 saturated heterocycles. The maximum Gasteiger partial charge on any atom is 0.124 e. The fourth-order valence-corrected chi connectivity index (χ4v) is 2.32. The van der Waals surface area contributed by atoms with Crippen LogP contribution >= 0.6 is 0 Å². The Morgan fingerprint density at radius 3 is 2.76 bits per heavy atom. The van der Waals surface area contributed by atoms with E-state index in [9.17, 15) is 4.39 Å². The van der Waals surface area contributed by atoms with Crippen LogP contribution in [0, 0.1) is 12.7 Å². The van der Waals surface area contributed by atoms with Crippen LogP contribution in [0.1, 0.15) is 36.3 Å². The van der Waals surface area contributed by atoms with Gasteiger partial charge in [0.1, 0.15) is 11.6 Å². The van der Waals surface area contributed by atoms with Crippen LogP contribution in [-0.2, 0) is 0 Å². The summed E-state index contributed by atoms with van der Waals surface area (Å²) in [4.78, 5) is 4.57. The van der Waals surface area contributed by atoms with Crippen LogP contribution in [0.4, 0.5) is 4.39 Å². The lowest BCUT2D eigenvalue weighted by Crippen LogP contribution is -2.25. The number of rotatable bonds is 6. The molecule has 1 atom stereocenters. The Morgan fingerprint density at radius 1 is 1.29 bits per heavy atom. The summed E-state index contributed by atoms with van der Waals surface area (Å²) in [6.07, 6.45) is 0.986. The molecular weight excluding hydrogens is 267 g/mol. The van der Waals surface area contributed by atoms with E-state index in [0.717, 1.165) is 29.9 Å². The first-order chi connectivity index (χ1) is 10.2. The van der Waals surface area contributed by atoms with Crippen molar-refractivity contribution >= 4 is 0 Å². The quantitative estimate of drug-likeness (QED) is 0.881. The second kappa shape index (κ2) is 7.18. The van der Waals surface area contributed by atoms with Gasteiger partial charge in [0.15, 0.2) is 0 Å². The highest BCUT2D eigenvalue weighted by molar-refractivity contribution is 5.40. The number of benzene rings is 1. The molecule has 0 saturated carbocycles. The first-order valence-electron chi connectivity index (χ1n) is 7.16. The molecule has 1 heterocycles. The van der Waals surface area contributed by atoms with E-state index in [2.05, 4.69) is 17.2 Å². The summed E-state index contributed by atoms with van der Waals surface area (Å²) in [5.74, 6) is 0.384. The molecule has 0 bridgehead atoms. The van der Waals surface area contributed by atoms with Gasteiger partial charge in [-0.05, 0) is 50.2 Å². The van der Waals surface area contributed by atoms with Gasteiger partial charge >= 0.3 is 0 Å². The highest BCUT2D eigenvalue weighted by Gasteiger charge is 2.19. The molecule has 3 nitrogen and oxygen atoms in total. The average molecular weight is 288 g/mol. The summed E-state index contributed by atoms with van der Waals surface area (Å²) in [6.45, 7) is 4.86. The highest BCUT2D eigenvalue weighted by atomic mass is 19.1. The topological polar surface area (TPSA) is 34.2 Å². The molecule has 1 N–H and O–H groups in total. The number of hydrogen-bond acceptors (Lipinski definition) is 3. The molecular formula is C17H21FN2O. The van der Waals surface area contributed by atoms with Crippen molar-refractivity contribution in [3.05, 3.63) is 59.2 Å². The Morgan fingerprint density at radius 2 is 2.10 bits per heavy atom. The molecule has 0 amide bonds. The van der Waals surface area contributed by atoms with Crippen LogP contribution in [0.15, 0.2) is 36.4 Å². The van der Waals surface area contributed by atoms with Crippen LogP contribution in [-0.4, -0.2) is 18.6 Å². The molecule has 2 aromatic rings. The minimum Gasteiger partial charge on any atom is -0.496 e. The largest absolute Gasteiger partial charge is 0.496 e. The molecule has 21 heavy (non-hydrogen) atoms. The van der Waals surface area contributed by atoms with Gasteiger partial charge in [-0.1, -0.05) is 13.0 Å². The van der Waals surface area contributed by atoms with Crippen LogP contribution in [0.2, 0.25) is 0 Å². The Kier molecular flexibility index (Phi) is 5.28. The monoisotopic (exact) mass is 288 g/mol. The number of nitrogens with one attached hydrogen (secondary N) is 1. The lowest BCUT2D eigenvalue weighted by molar-refractivity contribution is 0.401. The summed E-state index contributed by atoms with van der Waals surface area (Å²) in [5.41, 5.74) is 2.57. The third kappa shape index (κ3) is 3.79. The van der Waals surface area contributed by atoms with Crippen molar-refractivity contribution in [1.29, 1.82) is 0 Å². The minimum atomic E-state index is -0.276. The lowest BCUT2D eigenvalue weighted by Gasteiger charge is -2.21. The predicted molar refractivity (Wildman–Crippen MR) is 82.1 cm³/mol. The van der Waals surface area contributed by atoms with Crippen molar-refractivity contribution in [2.45, 2.75) is 26.3 Å². The van der Waals surface area contributed by atoms with E-state index < -0.39 is 0 Å². The summed E-state index contributed by atoms with van der Waals surface area (Å²) in [7, 11) is 1.59. The fourth-order valence-electron chi connectivity index (χ4n) is 2.32. The van der Waals surface area contributed by atoms with E-state index in [1.807, 2.05) is 25.1 Å². The summed E-state index contributed by atoms with van der Waals surface area (Å²) in [5, 5.41) is 3.42. The molecule has 1 aromatic heterocycles. The van der Waals surface area contributed by atoms with Crippen molar-refractivity contribution < 1.29 is 9.13 Å². The smallest absolute Gasteiger partial charge is 0.124 e. The molecule has 0 aliphatic heterocycles. The third-order valence-electron chi connectivity index (χ3n) is 3.31. The maximum absolute atomic E-state index is 13.7. The number of halogens is 1. The molecule has 0 aliphatic carbocycles. The molecule has 0 spiro atoms. The SMILES string of the molecule is CCCNC(c1cccc(C)n1)c1cc(F)ccc1OC. The van der Waals surface area contributed by atoms with Gasteiger partial charge in [0, 0.05) is 11.3 Å². The fraction of sp³-hybridized carbons (Fsp3) is 0.353. The Bertz CT molecular complexity index is 601. The van der Waals surface area contributed by atoms with Gasteiger partial charge in [0.05, 0.1) is 18.8 Å². The predicted octanol–water partition coefficient (Wildman–Crippen LogP) is 3.63. The minimum absolute atomic E-state index is 0.185. The molecule has 112 valence electrons. The number of nitrogens with zero attached hydrogens (tertiary/aromatic N) is 1. The van der Waals surface area contributed by atoms with E-state index in [1.54, 1.807) is 13.2 Å². The zero-order valence-corrected chi connectivity index (χ0v) is 12.7. The summed E-state index contributed by atoms with van der Waals surface area (Å²) >= 11 is 0. The van der Waals surface area contributed by atoms with Gasteiger partial charge < -0.3 is 10.1 Å². The Labute approximate surface area is 125 Å². The van der Waals surface area contributed by atoms with Crippen LogP contribution in [0.25, 0.3) is 0 Å². The lowest BCUT2D eigenvalue weighted by atomic mass is 10.0. The third-order valence-corrected chi connectivity index (χ3v) is 3.31. The van der Waals surface area contributed by atoms with E-state index in [1.165, 1.54) is 12.1 Å². The molecule has 0 aliphatic rings. The normalized spacial score (nSPS) is 12.2. The van der Waals surface area contributed by atoms with Crippen molar-refractivity contribution in [2.75, 3.05) is 13.7 Å². The summed E-state index contributed by atoms with van der Waals surface area (Å²) < 4.78 is 19.0. The first kappa shape index (κ1) is 15.4. The number of hydrogen-bond donors (Lipinski definition) is 1. The van der Waals surface area contributed by atoms with Crippen LogP contribution < -0.4 is 10.1 Å². The number of aromatic nitrogens is 1. The van der Waals surface area contributed by atoms with Crippen molar-refractivity contribution in [3.8, 4) is 5.75 Å². The van der Waals surface area contributed by atoms with Crippen molar-refractivity contribution in [3.63, 3.8) is 0 Å². The second-order valence-corrected chi connectivity index (χ2v) is 4.98. The van der Waals surface area contributed by atoms with Crippen LogP contribution in [0.5, 0.6) is 5.75 Å². The zero-order chi connectivity index (χ0) is 15.2. The van der Waals surface area contributed by atoms with Gasteiger partial charge in [-0.3, -0.25) is 4.98 Å². The van der Waals surface area contributed by atoms with Gasteiger partial charge in [0.2, 0.25) is 0 Å². The second-order valence-electron chi connectivity index (χ2n) is 4.98. The van der Waals surface area contributed by atoms with E-state index in [-0.39, 0.29) is 11.9 Å². The molecule has 4 heteroatoms. The molecule has 1 aromatic carbocycles. The first-order valence-corrected chi connectivity index (χ1v) is 7.16. The molecule has 1 unspecified atom stereocenters. The van der Waals surface area contributed by atoms with Crippen LogP contribution in [0.3, 0.4) is 0 Å². The van der Waals surface area contributed by atoms with E-state index >= 15 is 0 Å². The number of ether oxygens (including phenoxy) is 1. The number of methoxy groups -OCH3 is 1. The summed E-state index contributed by atoms with van der Waals surface area (Å²) in [6, 6.07) is 10.2. The van der Waals surface area contributed by atoms with Gasteiger partial charge in [-0.2, -0.15) is 0 Å². The Balaban J connectivity index is 2.47. The molecule has 0 fully saturated rings. The maximum atomic E-state index is 13.7. The van der Waals surface area contributed by atoms with Gasteiger partial charge in [0.25, 0.3) is 0 Å². The number of aryl methyl sites for hydroxylation is 1. The molecule has 0 radical (unpaired) electrons. The number of pyridine rings is 1. The highest BCUT2D eigenvalue weighted by Crippen LogP contribution is 2.30. The van der Waals surface area contributed by atoms with Crippen molar-refractivity contribution in [2.24, 2.45) is 0 Å². The van der Waals surface area contributed by atoms with E-state index in [0.29, 0.717) is 5.75 Å². The average Bonchev–Trinajstić information content (AvgIpc) is 2.48.